The molecule has 1 aliphatic rings. The van der Waals surface area contributed by atoms with Gasteiger partial charge in [0.25, 0.3) is 0 Å². The molecule has 1 saturated heterocycles. The van der Waals surface area contributed by atoms with Gasteiger partial charge in [-0.1, -0.05) is 48.1 Å². The Hall–Kier alpha value is -1.34. The third kappa shape index (κ3) is 4.98. The summed E-state index contributed by atoms with van der Waals surface area (Å²) in [6.07, 6.45) is -0.661. The van der Waals surface area contributed by atoms with Gasteiger partial charge in [-0.15, -0.1) is 0 Å². The molecular weight excluding hydrogens is 374 g/mol. The Balaban J connectivity index is 3.27. The van der Waals surface area contributed by atoms with Crippen LogP contribution in [-0.4, -0.2) is 50.1 Å². The number of ether oxygens (including phenoxy) is 2. The average molecular weight is 414 g/mol. The van der Waals surface area contributed by atoms with E-state index in [4.69, 9.17) is 13.9 Å². The zero-order valence-corrected chi connectivity index (χ0v) is 20.3. The molecule has 0 N–H and O–H groups in total. The van der Waals surface area contributed by atoms with Crippen molar-refractivity contribution in [3.63, 3.8) is 0 Å². The Morgan fingerprint density at radius 3 is 1.89 bits per heavy atom. The molecule has 28 heavy (non-hydrogen) atoms. The molecule has 0 aromatic carbocycles. The summed E-state index contributed by atoms with van der Waals surface area (Å²) in [5.41, 5.74) is 0.944. The molecule has 162 valence electrons. The van der Waals surface area contributed by atoms with Gasteiger partial charge in [-0.3, -0.25) is 4.90 Å². The molecule has 6 nitrogen and oxygen atoms in total. The fraction of sp³-hybridized carbons (Fsp3) is 0.810. The van der Waals surface area contributed by atoms with Crippen molar-refractivity contribution in [2.45, 2.75) is 103 Å². The lowest BCUT2D eigenvalue weighted by atomic mass is 10.2. The van der Waals surface area contributed by atoms with Crippen LogP contribution in [-0.2, 0) is 18.7 Å². The number of nitrogens with zero attached hydrogens (tertiary/aromatic N) is 1. The fourth-order valence-electron chi connectivity index (χ4n) is 4.46. The van der Waals surface area contributed by atoms with Crippen molar-refractivity contribution >= 4 is 20.4 Å². The Morgan fingerprint density at radius 1 is 1.07 bits per heavy atom. The molecule has 0 radical (unpaired) electrons. The van der Waals surface area contributed by atoms with E-state index in [1.54, 1.807) is 20.8 Å². The van der Waals surface area contributed by atoms with Crippen molar-refractivity contribution in [1.29, 1.82) is 0 Å². The summed E-state index contributed by atoms with van der Waals surface area (Å²) in [5.74, 6) is -0.482. The minimum Gasteiger partial charge on any atom is -0.467 e. The normalized spacial score (nSPS) is 21.0. The van der Waals surface area contributed by atoms with Gasteiger partial charge in [0.05, 0.1) is 13.2 Å². The van der Waals surface area contributed by atoms with Crippen LogP contribution in [0.15, 0.2) is 12.3 Å². The number of carbonyl (C=O) groups excluding carboxylic acids is 2. The highest BCUT2D eigenvalue weighted by Gasteiger charge is 2.52. The van der Waals surface area contributed by atoms with Crippen molar-refractivity contribution in [1.82, 2.24) is 4.90 Å². The lowest BCUT2D eigenvalue weighted by Gasteiger charge is -2.44. The molecule has 0 aromatic rings. The summed E-state index contributed by atoms with van der Waals surface area (Å²) < 4.78 is 17.3. The molecule has 0 bridgehead atoms. The largest absolute Gasteiger partial charge is 0.467 e. The Kier molecular flexibility index (Phi) is 7.93. The second-order valence-corrected chi connectivity index (χ2v) is 14.9. The van der Waals surface area contributed by atoms with E-state index in [0.29, 0.717) is 28.7 Å². The number of hydrogen-bond donors (Lipinski definition) is 0. The van der Waals surface area contributed by atoms with E-state index in [2.05, 4.69) is 48.1 Å². The maximum atomic E-state index is 12.8. The fourth-order valence-corrected chi connectivity index (χ4v) is 10.0. The number of methoxy groups -OCH3 is 1. The topological polar surface area (TPSA) is 65.1 Å². The van der Waals surface area contributed by atoms with Gasteiger partial charge in [-0.2, -0.15) is 0 Å². The van der Waals surface area contributed by atoms with Gasteiger partial charge in [-0.05, 0) is 37.4 Å². The van der Waals surface area contributed by atoms with Crippen LogP contribution in [0.5, 0.6) is 0 Å². The second-order valence-electron chi connectivity index (χ2n) is 9.54. The molecule has 1 fully saturated rings. The van der Waals surface area contributed by atoms with E-state index < -0.39 is 38.1 Å². The number of hydrogen-bond acceptors (Lipinski definition) is 5. The first kappa shape index (κ1) is 24.7. The highest BCUT2D eigenvalue weighted by atomic mass is 28.4. The van der Waals surface area contributed by atoms with E-state index in [1.807, 2.05) is 0 Å². The number of amides is 1. The van der Waals surface area contributed by atoms with Gasteiger partial charge in [0, 0.05) is 12.1 Å². The molecule has 0 unspecified atom stereocenters. The standard InChI is InChI=1S/C21H39NO5Si/c1-13(2)28(14(3)4,15(5)6)27-18-12-17(19(23)25-11)22(16(18)7)20(24)26-21(8,9)10/h13-15,17-18H,7,12H2,1-6,8-11H3/t17-,18-/m0/s1. The number of carbonyl (C=O) groups is 2. The number of esters is 1. The van der Waals surface area contributed by atoms with Gasteiger partial charge in [0.1, 0.15) is 11.6 Å². The Bertz CT molecular complexity index is 572. The minimum atomic E-state index is -2.21. The maximum absolute atomic E-state index is 12.8. The number of likely N-dealkylation sites (tertiary alicyclic amines) is 1. The van der Waals surface area contributed by atoms with Crippen molar-refractivity contribution in [3.05, 3.63) is 12.3 Å². The molecule has 0 aliphatic carbocycles. The first-order valence-electron chi connectivity index (χ1n) is 10.2. The minimum absolute atomic E-state index is 0.339. The molecule has 1 amide bonds. The molecule has 7 heteroatoms. The molecule has 1 rings (SSSR count). The highest BCUT2D eigenvalue weighted by Crippen LogP contribution is 2.45. The second kappa shape index (κ2) is 8.99. The molecule has 2 atom stereocenters. The molecular formula is C21H39NO5Si. The van der Waals surface area contributed by atoms with Gasteiger partial charge in [-0.25, -0.2) is 9.59 Å². The van der Waals surface area contributed by atoms with E-state index in [1.165, 1.54) is 12.0 Å². The van der Waals surface area contributed by atoms with Gasteiger partial charge in [0.15, 0.2) is 0 Å². The molecule has 0 saturated carbocycles. The van der Waals surface area contributed by atoms with Crippen molar-refractivity contribution in [2.75, 3.05) is 7.11 Å². The van der Waals surface area contributed by atoms with E-state index in [0.717, 1.165) is 0 Å². The summed E-state index contributed by atoms with van der Waals surface area (Å²) in [6, 6.07) is -0.782. The maximum Gasteiger partial charge on any atom is 0.415 e. The summed E-state index contributed by atoms with van der Waals surface area (Å²) >= 11 is 0. The van der Waals surface area contributed by atoms with Crippen LogP contribution in [0, 0.1) is 0 Å². The summed E-state index contributed by atoms with van der Waals surface area (Å²) in [5, 5.41) is 0. The monoisotopic (exact) mass is 413 g/mol. The van der Waals surface area contributed by atoms with E-state index in [-0.39, 0.29) is 0 Å². The van der Waals surface area contributed by atoms with Crippen LogP contribution in [0.4, 0.5) is 4.79 Å². The van der Waals surface area contributed by atoms with Crippen LogP contribution in [0.25, 0.3) is 0 Å². The quantitative estimate of drug-likeness (QED) is 0.440. The smallest absolute Gasteiger partial charge is 0.415 e. The summed E-state index contributed by atoms with van der Waals surface area (Å²) in [6.45, 7) is 22.7. The predicted molar refractivity (Wildman–Crippen MR) is 114 cm³/mol. The van der Waals surface area contributed by atoms with Gasteiger partial charge >= 0.3 is 12.1 Å². The number of rotatable bonds is 6. The highest BCUT2D eigenvalue weighted by molar-refractivity contribution is 6.77. The van der Waals surface area contributed by atoms with Gasteiger partial charge in [0.2, 0.25) is 8.32 Å². The van der Waals surface area contributed by atoms with Crippen LogP contribution < -0.4 is 0 Å². The molecule has 1 aliphatic heterocycles. The molecule has 1 heterocycles. The van der Waals surface area contributed by atoms with Crippen molar-refractivity contribution in [2.24, 2.45) is 0 Å². The SMILES string of the molecule is C=C1[C@@H](O[Si](C(C)C)(C(C)C)C(C)C)C[C@@H](C(=O)OC)N1C(=O)OC(C)(C)C. The van der Waals surface area contributed by atoms with Crippen LogP contribution in [0.3, 0.4) is 0 Å². The third-order valence-electron chi connectivity index (χ3n) is 5.55. The molecule has 0 spiro atoms. The average Bonchev–Trinajstić information content (AvgIpc) is 2.85. The third-order valence-corrected chi connectivity index (χ3v) is 11.7. The lowest BCUT2D eigenvalue weighted by Crippen LogP contribution is -2.50. The Morgan fingerprint density at radius 2 is 1.54 bits per heavy atom. The predicted octanol–water partition coefficient (Wildman–Crippen LogP) is 5.24. The van der Waals surface area contributed by atoms with Crippen molar-refractivity contribution < 1.29 is 23.5 Å². The first-order chi connectivity index (χ1) is 12.7. The summed E-state index contributed by atoms with van der Waals surface area (Å²) in [4.78, 5) is 26.5. The first-order valence-corrected chi connectivity index (χ1v) is 12.3. The summed E-state index contributed by atoms with van der Waals surface area (Å²) in [7, 11) is -0.891. The van der Waals surface area contributed by atoms with E-state index in [9.17, 15) is 9.59 Å². The zero-order chi connectivity index (χ0) is 22.0. The van der Waals surface area contributed by atoms with Crippen molar-refractivity contribution in [3.8, 4) is 0 Å². The van der Waals surface area contributed by atoms with Crippen LogP contribution in [0.2, 0.25) is 16.6 Å². The Labute approximate surface area is 171 Å². The molecule has 0 aromatic heterocycles. The van der Waals surface area contributed by atoms with E-state index >= 15 is 0 Å². The zero-order valence-electron chi connectivity index (χ0n) is 19.3. The van der Waals surface area contributed by atoms with Crippen LogP contribution in [0.1, 0.15) is 68.7 Å². The van der Waals surface area contributed by atoms with Gasteiger partial charge < -0.3 is 13.9 Å². The van der Waals surface area contributed by atoms with Crippen LogP contribution >= 0.6 is 0 Å². The lowest BCUT2D eigenvalue weighted by molar-refractivity contribution is -0.145.